The smallest absolute Gasteiger partial charge is 0.157 e. The summed E-state index contributed by atoms with van der Waals surface area (Å²) in [5.41, 5.74) is 0. The fourth-order valence-electron chi connectivity index (χ4n) is 1.49. The van der Waals surface area contributed by atoms with Crippen molar-refractivity contribution in [3.8, 4) is 0 Å². The maximum atomic E-state index is 10.9. The lowest BCUT2D eigenvalue weighted by molar-refractivity contribution is -1.20. The molecule has 1 rings (SSSR count). The SMILES string of the molecule is [O-][NH+](O)N1CN([NH+]([O-])O)CN([NH+]([O-])O)CN([NH+]([O-])O)C1. The topological polar surface area (TPSA) is 204 Å². The summed E-state index contributed by atoms with van der Waals surface area (Å²) in [4.78, 5) is 0. The molecule has 1 aliphatic rings. The molecule has 4 unspecified atom stereocenters. The number of quaternary nitrogens is 4. The number of rotatable bonds is 4. The van der Waals surface area contributed by atoms with Crippen molar-refractivity contribution >= 4 is 0 Å². The Bertz CT molecular complexity index is 228. The third kappa shape index (κ3) is 4.72. The van der Waals surface area contributed by atoms with Gasteiger partial charge in [0.15, 0.2) is 26.7 Å². The fraction of sp³-hybridized carbons (Fsp3) is 1.00. The van der Waals surface area contributed by atoms with Gasteiger partial charge in [-0.05, 0) is 0 Å². The minimum absolute atomic E-state index is 0.543. The molecule has 1 saturated heterocycles. The van der Waals surface area contributed by atoms with E-state index in [-0.39, 0.29) is 0 Å². The summed E-state index contributed by atoms with van der Waals surface area (Å²) < 4.78 is 0. The number of hydrogen-bond donors (Lipinski definition) is 8. The molecule has 20 heavy (non-hydrogen) atoms. The predicted octanol–water partition coefficient (Wildman–Crippen LogP) is -8.21. The van der Waals surface area contributed by atoms with Gasteiger partial charge in [-0.2, -0.15) is 20.8 Å². The third-order valence-electron chi connectivity index (χ3n) is 2.45. The second-order valence-corrected chi connectivity index (χ2v) is 3.86. The van der Waals surface area contributed by atoms with E-state index in [1.165, 1.54) is 0 Å². The predicted molar refractivity (Wildman–Crippen MR) is 51.3 cm³/mol. The van der Waals surface area contributed by atoms with Crippen LogP contribution in [0.15, 0.2) is 0 Å². The monoisotopic (exact) mass is 304 g/mol. The Morgan fingerprint density at radius 3 is 0.750 bits per heavy atom. The van der Waals surface area contributed by atoms with Crippen molar-refractivity contribution in [1.29, 1.82) is 0 Å². The number of hydrogen-bond acceptors (Lipinski definition) is 12. The zero-order chi connectivity index (χ0) is 15.4. The first kappa shape index (κ1) is 17.4. The molecule has 0 aromatic heterocycles. The van der Waals surface area contributed by atoms with Crippen LogP contribution in [0.4, 0.5) is 0 Å². The molecule has 1 heterocycles. The van der Waals surface area contributed by atoms with Gasteiger partial charge in [0.05, 0.1) is 0 Å². The Kier molecular flexibility index (Phi) is 6.44. The van der Waals surface area contributed by atoms with Crippen LogP contribution in [0.1, 0.15) is 0 Å². The molecule has 0 aliphatic carbocycles. The summed E-state index contributed by atoms with van der Waals surface area (Å²) >= 11 is 0. The Hall–Kier alpha value is -0.640. The van der Waals surface area contributed by atoms with Gasteiger partial charge in [0.1, 0.15) is 0 Å². The van der Waals surface area contributed by atoms with E-state index in [2.05, 4.69) is 0 Å². The van der Waals surface area contributed by atoms with E-state index in [4.69, 9.17) is 20.8 Å². The van der Waals surface area contributed by atoms with Gasteiger partial charge in [0, 0.05) is 0 Å². The molecule has 1 fully saturated rings. The molecule has 0 spiro atoms. The van der Waals surface area contributed by atoms with Gasteiger partial charge in [-0.15, -0.1) is 21.3 Å². The second-order valence-electron chi connectivity index (χ2n) is 3.86. The number of nitrogens with one attached hydrogen (secondary N) is 4. The highest BCUT2D eigenvalue weighted by Crippen LogP contribution is 1.93. The van der Waals surface area contributed by atoms with Crippen molar-refractivity contribution in [3.05, 3.63) is 20.8 Å². The van der Waals surface area contributed by atoms with Crippen LogP contribution in [0.2, 0.25) is 0 Å². The van der Waals surface area contributed by atoms with E-state index >= 15 is 0 Å². The summed E-state index contributed by atoms with van der Waals surface area (Å²) in [6.45, 7) is -2.67. The van der Waals surface area contributed by atoms with E-state index in [0.29, 0.717) is 20.0 Å². The van der Waals surface area contributed by atoms with Gasteiger partial charge >= 0.3 is 0 Å². The zero-order valence-corrected chi connectivity index (χ0v) is 10.0. The molecule has 0 saturated carbocycles. The fourth-order valence-corrected chi connectivity index (χ4v) is 1.49. The van der Waals surface area contributed by atoms with Crippen LogP contribution in [0.3, 0.4) is 0 Å². The third-order valence-corrected chi connectivity index (χ3v) is 2.45. The molecule has 0 radical (unpaired) electrons. The summed E-state index contributed by atoms with van der Waals surface area (Å²) in [6.07, 6.45) is 0. The molecule has 8 N–H and O–H groups in total. The highest BCUT2D eigenvalue weighted by molar-refractivity contribution is 4.48. The summed E-state index contributed by atoms with van der Waals surface area (Å²) in [5, 5.41) is 75.3. The summed E-state index contributed by atoms with van der Waals surface area (Å²) in [5.74, 6) is 0. The van der Waals surface area contributed by atoms with E-state index < -0.39 is 48.0 Å². The maximum absolute atomic E-state index is 10.9. The van der Waals surface area contributed by atoms with Gasteiger partial charge < -0.3 is 20.8 Å². The highest BCUT2D eigenvalue weighted by atomic mass is 16.9. The molecule has 0 amide bonds. The van der Waals surface area contributed by atoms with Crippen molar-refractivity contribution in [1.82, 2.24) is 20.0 Å². The minimum Gasteiger partial charge on any atom is -0.579 e. The molecule has 1 aliphatic heterocycles. The van der Waals surface area contributed by atoms with Crippen molar-refractivity contribution in [3.63, 3.8) is 0 Å². The van der Waals surface area contributed by atoms with Crippen molar-refractivity contribution < 1.29 is 42.2 Å². The largest absolute Gasteiger partial charge is 0.579 e. The van der Waals surface area contributed by atoms with Crippen molar-refractivity contribution in [2.75, 3.05) is 26.7 Å². The molecule has 4 atom stereocenters. The lowest BCUT2D eigenvalue weighted by Crippen LogP contribution is -3.23. The van der Waals surface area contributed by atoms with Gasteiger partial charge in [0.25, 0.3) is 0 Å². The van der Waals surface area contributed by atoms with Crippen LogP contribution in [0.5, 0.6) is 0 Å². The van der Waals surface area contributed by atoms with E-state index in [1.807, 2.05) is 0 Å². The van der Waals surface area contributed by atoms with Gasteiger partial charge in [-0.1, -0.05) is 20.0 Å². The average Bonchev–Trinajstić information content (AvgIpc) is 2.26. The first-order valence-electron chi connectivity index (χ1n) is 5.14. The molecular weight excluding hydrogens is 288 g/mol. The lowest BCUT2D eigenvalue weighted by atomic mass is 10.7. The van der Waals surface area contributed by atoms with Gasteiger partial charge in [-0.25, -0.2) is 0 Å². The van der Waals surface area contributed by atoms with Gasteiger partial charge in [0.2, 0.25) is 0 Å². The molecule has 0 bridgehead atoms. The van der Waals surface area contributed by atoms with Crippen LogP contribution in [0.25, 0.3) is 0 Å². The molecule has 16 heteroatoms. The standard InChI is InChI=1S/C4H16N8O8/c13-9(14)5-1-6(10(15)16)3-8(12(19)20)4-7(2-5)11(17)18/h9-13,15,17,19H,1-4H2. The maximum Gasteiger partial charge on any atom is 0.157 e. The van der Waals surface area contributed by atoms with Crippen molar-refractivity contribution in [2.24, 2.45) is 0 Å². The molecule has 16 nitrogen and oxygen atoms in total. The molecule has 0 aromatic rings. The summed E-state index contributed by atoms with van der Waals surface area (Å²) in [7, 11) is 0. The molecule has 120 valence electrons. The number of nitrogens with zero attached hydrogens (tertiary/aromatic N) is 4. The van der Waals surface area contributed by atoms with Crippen LogP contribution in [-0.2, 0) is 0 Å². The summed E-state index contributed by atoms with van der Waals surface area (Å²) in [6, 6.07) is 0. The van der Waals surface area contributed by atoms with E-state index in [0.717, 1.165) is 0 Å². The Morgan fingerprint density at radius 2 is 0.650 bits per heavy atom. The quantitative estimate of drug-likeness (QED) is 0.228. The minimum atomic E-state index is -1.52. The Morgan fingerprint density at radius 1 is 0.500 bits per heavy atom. The second kappa shape index (κ2) is 7.39. The molecule has 0 aromatic carbocycles. The van der Waals surface area contributed by atoms with E-state index in [1.54, 1.807) is 0 Å². The van der Waals surface area contributed by atoms with Crippen molar-refractivity contribution in [2.45, 2.75) is 0 Å². The highest BCUT2D eigenvalue weighted by Gasteiger charge is 2.34. The van der Waals surface area contributed by atoms with E-state index in [9.17, 15) is 20.8 Å². The van der Waals surface area contributed by atoms with Crippen LogP contribution in [0, 0.1) is 20.8 Å². The lowest BCUT2D eigenvalue weighted by Gasteiger charge is -2.42. The zero-order valence-electron chi connectivity index (χ0n) is 10.0. The van der Waals surface area contributed by atoms with Crippen LogP contribution in [-0.4, -0.2) is 67.5 Å². The molecular formula is C4H16N8O8. The Labute approximate surface area is 111 Å². The van der Waals surface area contributed by atoms with Gasteiger partial charge in [-0.3, -0.25) is 0 Å². The first-order valence-corrected chi connectivity index (χ1v) is 5.14. The average molecular weight is 304 g/mol. The van der Waals surface area contributed by atoms with Crippen LogP contribution < -0.4 is 21.3 Å². The first-order chi connectivity index (χ1) is 9.22. The normalized spacial score (nSPS) is 27.6. The Balaban J connectivity index is 2.90. The van der Waals surface area contributed by atoms with Crippen LogP contribution >= 0.6 is 0 Å².